The number of hydrogen-bond acceptors (Lipinski definition) is 6. The molecule has 3 aromatic rings. The smallest absolute Gasteiger partial charge is 0.217 e. The summed E-state index contributed by atoms with van der Waals surface area (Å²) in [7, 11) is 0. The third-order valence-electron chi connectivity index (χ3n) is 4.76. The minimum Gasteiger partial charge on any atom is -0.508 e. The zero-order valence-electron chi connectivity index (χ0n) is 15.7. The summed E-state index contributed by atoms with van der Waals surface area (Å²) in [5, 5.41) is 11.0. The highest BCUT2D eigenvalue weighted by Crippen LogP contribution is 2.24. The molecular formula is C22H24N2O4. The molecule has 6 nitrogen and oxygen atoms in total. The number of aromatic hydroxyl groups is 1. The van der Waals surface area contributed by atoms with Crippen LogP contribution in [0, 0.1) is 0 Å². The molecule has 0 spiro atoms. The van der Waals surface area contributed by atoms with Crippen molar-refractivity contribution < 1.29 is 19.3 Å². The Labute approximate surface area is 164 Å². The third-order valence-corrected chi connectivity index (χ3v) is 4.76. The molecule has 4 rings (SSSR count). The van der Waals surface area contributed by atoms with E-state index in [9.17, 15) is 5.11 Å². The zero-order valence-corrected chi connectivity index (χ0v) is 15.7. The summed E-state index contributed by atoms with van der Waals surface area (Å²) in [6, 6.07) is 12.9. The predicted molar refractivity (Wildman–Crippen MR) is 106 cm³/mol. The van der Waals surface area contributed by atoms with Gasteiger partial charge >= 0.3 is 0 Å². The predicted octanol–water partition coefficient (Wildman–Crippen LogP) is 3.90. The zero-order chi connectivity index (χ0) is 19.2. The summed E-state index contributed by atoms with van der Waals surface area (Å²) in [5.74, 6) is 1.34. The molecule has 28 heavy (non-hydrogen) atoms. The number of rotatable bonds is 7. The van der Waals surface area contributed by atoms with E-state index in [2.05, 4.69) is 9.97 Å². The van der Waals surface area contributed by atoms with Crippen LogP contribution in [0.4, 0.5) is 0 Å². The summed E-state index contributed by atoms with van der Waals surface area (Å²) in [5.41, 5.74) is 1.62. The molecule has 0 aliphatic carbocycles. The van der Waals surface area contributed by atoms with Crippen molar-refractivity contribution in [3.63, 3.8) is 0 Å². The Morgan fingerprint density at radius 3 is 2.93 bits per heavy atom. The number of para-hydroxylation sites is 1. The molecule has 1 aromatic carbocycles. The van der Waals surface area contributed by atoms with Crippen molar-refractivity contribution in [2.24, 2.45) is 0 Å². The van der Waals surface area contributed by atoms with E-state index in [1.54, 1.807) is 12.3 Å². The second kappa shape index (κ2) is 8.89. The van der Waals surface area contributed by atoms with Crippen LogP contribution in [0.25, 0.3) is 10.9 Å². The third kappa shape index (κ3) is 4.70. The van der Waals surface area contributed by atoms with E-state index in [1.807, 2.05) is 30.3 Å². The summed E-state index contributed by atoms with van der Waals surface area (Å²) in [4.78, 5) is 8.82. The molecule has 1 fully saturated rings. The maximum Gasteiger partial charge on any atom is 0.217 e. The van der Waals surface area contributed by atoms with Crippen LogP contribution in [0.2, 0.25) is 0 Å². The first kappa shape index (κ1) is 18.5. The normalized spacial score (nSPS) is 16.8. The Hall–Kier alpha value is -2.86. The van der Waals surface area contributed by atoms with E-state index in [1.165, 1.54) is 6.07 Å². The van der Waals surface area contributed by atoms with Crippen molar-refractivity contribution in [3.05, 3.63) is 54.4 Å². The first-order valence-electron chi connectivity index (χ1n) is 9.69. The molecule has 3 heterocycles. The Kier molecular flexibility index (Phi) is 5.87. The Bertz CT molecular complexity index is 920. The number of benzene rings is 1. The lowest BCUT2D eigenvalue weighted by atomic mass is 10.1. The lowest BCUT2D eigenvalue weighted by molar-refractivity contribution is -0.0120. The van der Waals surface area contributed by atoms with Crippen LogP contribution in [0.3, 0.4) is 0 Å². The number of fused-ring (bicyclic) bond motifs is 1. The second-order valence-electron chi connectivity index (χ2n) is 6.88. The van der Waals surface area contributed by atoms with Gasteiger partial charge in [-0.2, -0.15) is 0 Å². The molecule has 1 saturated heterocycles. The fourth-order valence-corrected chi connectivity index (χ4v) is 3.33. The van der Waals surface area contributed by atoms with Gasteiger partial charge in [0.15, 0.2) is 0 Å². The van der Waals surface area contributed by atoms with Crippen LogP contribution >= 0.6 is 0 Å². The SMILES string of the molecule is Oc1cc(CCOc2ccnc3ccccc23)nc(OCC2CCCCO2)c1. The van der Waals surface area contributed by atoms with E-state index < -0.39 is 0 Å². The molecule has 1 aliphatic rings. The van der Waals surface area contributed by atoms with Crippen molar-refractivity contribution in [2.45, 2.75) is 31.8 Å². The van der Waals surface area contributed by atoms with E-state index in [0.717, 1.165) is 48.2 Å². The summed E-state index contributed by atoms with van der Waals surface area (Å²) < 4.78 is 17.3. The topological polar surface area (TPSA) is 73.7 Å². The van der Waals surface area contributed by atoms with Crippen LogP contribution in [-0.4, -0.2) is 41.0 Å². The number of aromatic nitrogens is 2. The fraction of sp³-hybridized carbons (Fsp3) is 0.364. The second-order valence-corrected chi connectivity index (χ2v) is 6.88. The maximum atomic E-state index is 9.99. The Morgan fingerprint density at radius 1 is 1.11 bits per heavy atom. The van der Waals surface area contributed by atoms with E-state index in [4.69, 9.17) is 14.2 Å². The average molecular weight is 380 g/mol. The largest absolute Gasteiger partial charge is 0.508 e. The summed E-state index contributed by atoms with van der Waals surface area (Å²) in [6.07, 6.45) is 5.67. The Balaban J connectivity index is 1.35. The highest BCUT2D eigenvalue weighted by atomic mass is 16.5. The summed E-state index contributed by atoms with van der Waals surface area (Å²) in [6.45, 7) is 1.68. The molecule has 1 atom stereocenters. The number of ether oxygens (including phenoxy) is 3. The van der Waals surface area contributed by atoms with Crippen LogP contribution in [-0.2, 0) is 11.2 Å². The molecule has 0 bridgehead atoms. The fourth-order valence-electron chi connectivity index (χ4n) is 3.33. The van der Waals surface area contributed by atoms with Gasteiger partial charge in [0, 0.05) is 36.7 Å². The van der Waals surface area contributed by atoms with Crippen molar-refractivity contribution in [1.29, 1.82) is 0 Å². The van der Waals surface area contributed by atoms with Gasteiger partial charge < -0.3 is 19.3 Å². The first-order chi connectivity index (χ1) is 13.8. The molecule has 1 N–H and O–H groups in total. The number of nitrogens with zero attached hydrogens (tertiary/aromatic N) is 2. The number of pyridine rings is 2. The van der Waals surface area contributed by atoms with Crippen LogP contribution in [0.15, 0.2) is 48.7 Å². The quantitative estimate of drug-likeness (QED) is 0.670. The molecule has 0 radical (unpaired) electrons. The molecule has 1 unspecified atom stereocenters. The molecule has 6 heteroatoms. The summed E-state index contributed by atoms with van der Waals surface area (Å²) >= 11 is 0. The molecular weight excluding hydrogens is 356 g/mol. The standard InChI is InChI=1S/C22H24N2O4/c25-17-13-16(24-22(14-17)28-15-18-5-3-4-11-26-18)9-12-27-21-8-10-23-20-7-2-1-6-19(20)21/h1-2,6-8,10,13-14,18H,3-5,9,11-12,15H2,(H,24,25). The van der Waals surface area contributed by atoms with Gasteiger partial charge in [0.2, 0.25) is 5.88 Å². The molecule has 2 aromatic heterocycles. The van der Waals surface area contributed by atoms with Crippen molar-refractivity contribution >= 4 is 10.9 Å². The Morgan fingerprint density at radius 2 is 2.04 bits per heavy atom. The highest BCUT2D eigenvalue weighted by molar-refractivity contribution is 5.84. The van der Waals surface area contributed by atoms with Gasteiger partial charge in [-0.1, -0.05) is 12.1 Å². The molecule has 146 valence electrons. The van der Waals surface area contributed by atoms with Gasteiger partial charge in [-0.3, -0.25) is 4.98 Å². The molecule has 0 amide bonds. The van der Waals surface area contributed by atoms with Crippen LogP contribution in [0.5, 0.6) is 17.4 Å². The average Bonchev–Trinajstić information content (AvgIpc) is 2.73. The maximum absolute atomic E-state index is 9.99. The number of hydrogen-bond donors (Lipinski definition) is 1. The van der Waals surface area contributed by atoms with E-state index in [0.29, 0.717) is 25.5 Å². The molecule has 0 saturated carbocycles. The van der Waals surface area contributed by atoms with Gasteiger partial charge in [0.1, 0.15) is 18.1 Å². The van der Waals surface area contributed by atoms with Gasteiger partial charge in [-0.25, -0.2) is 4.98 Å². The van der Waals surface area contributed by atoms with Gasteiger partial charge in [-0.15, -0.1) is 0 Å². The van der Waals surface area contributed by atoms with Crippen molar-refractivity contribution in [2.75, 3.05) is 19.8 Å². The van der Waals surface area contributed by atoms with Gasteiger partial charge in [0.25, 0.3) is 0 Å². The first-order valence-corrected chi connectivity index (χ1v) is 9.69. The highest BCUT2D eigenvalue weighted by Gasteiger charge is 2.15. The van der Waals surface area contributed by atoms with E-state index in [-0.39, 0.29) is 11.9 Å². The lowest BCUT2D eigenvalue weighted by Crippen LogP contribution is -2.26. The monoisotopic (exact) mass is 380 g/mol. The minimum atomic E-state index is 0.102. The minimum absolute atomic E-state index is 0.102. The van der Waals surface area contributed by atoms with E-state index >= 15 is 0 Å². The van der Waals surface area contributed by atoms with Crippen LogP contribution < -0.4 is 9.47 Å². The lowest BCUT2D eigenvalue weighted by Gasteiger charge is -2.22. The molecule has 1 aliphatic heterocycles. The van der Waals surface area contributed by atoms with Crippen LogP contribution in [0.1, 0.15) is 25.0 Å². The van der Waals surface area contributed by atoms with Crippen molar-refractivity contribution in [3.8, 4) is 17.4 Å². The van der Waals surface area contributed by atoms with Gasteiger partial charge in [0.05, 0.1) is 23.9 Å². The van der Waals surface area contributed by atoms with Crippen molar-refractivity contribution in [1.82, 2.24) is 9.97 Å². The van der Waals surface area contributed by atoms with Gasteiger partial charge in [-0.05, 0) is 37.5 Å².